The van der Waals surface area contributed by atoms with E-state index in [-0.39, 0.29) is 46.6 Å². The number of rotatable bonds is 2. The lowest BCUT2D eigenvalue weighted by atomic mass is 9.41. The van der Waals surface area contributed by atoms with Gasteiger partial charge in [0.25, 0.3) is 0 Å². The molecule has 2 saturated heterocycles. The Balaban J connectivity index is 1.35. The smallest absolute Gasteiger partial charge is 0.199 e. The molecular weight excluding hydrogens is 452 g/mol. The first-order valence-corrected chi connectivity index (χ1v) is 14.9. The average molecular weight is 503 g/mol. The molecule has 5 heteroatoms. The van der Waals surface area contributed by atoms with E-state index in [0.717, 1.165) is 12.8 Å². The molecule has 5 nitrogen and oxygen atoms in total. The third-order valence-electron chi connectivity index (χ3n) is 14.4. The maximum Gasteiger partial charge on any atom is 0.199 e. The molecule has 0 amide bonds. The summed E-state index contributed by atoms with van der Waals surface area (Å²) in [4.78, 5) is 0. The number of aliphatic hydroxyl groups is 2. The maximum absolute atomic E-state index is 11.1. The molecule has 0 aromatic rings. The molecule has 5 saturated carbocycles. The Morgan fingerprint density at radius 1 is 0.917 bits per heavy atom. The van der Waals surface area contributed by atoms with Gasteiger partial charge in [-0.05, 0) is 105 Å². The van der Waals surface area contributed by atoms with Crippen LogP contribution >= 0.6 is 0 Å². The Bertz CT molecular complexity index is 973. The van der Waals surface area contributed by atoms with E-state index in [1.165, 1.54) is 38.5 Å². The van der Waals surface area contributed by atoms with Crippen molar-refractivity contribution in [3.63, 3.8) is 0 Å². The molecule has 36 heavy (non-hydrogen) atoms. The molecule has 2 bridgehead atoms. The van der Waals surface area contributed by atoms with Crippen LogP contribution in [0.2, 0.25) is 0 Å². The van der Waals surface area contributed by atoms with Crippen molar-refractivity contribution in [2.45, 2.75) is 136 Å². The van der Waals surface area contributed by atoms with Crippen LogP contribution in [0, 0.1) is 50.7 Å². The molecule has 0 unspecified atom stereocenters. The normalized spacial score (nSPS) is 62.5. The number of aliphatic hydroxyl groups excluding tert-OH is 1. The van der Waals surface area contributed by atoms with Gasteiger partial charge in [0, 0.05) is 18.4 Å². The van der Waals surface area contributed by atoms with E-state index in [1.54, 1.807) is 0 Å². The lowest BCUT2D eigenvalue weighted by molar-refractivity contribution is -0.287. The monoisotopic (exact) mass is 502 g/mol. The first-order chi connectivity index (χ1) is 16.7. The van der Waals surface area contributed by atoms with Crippen LogP contribution in [0.5, 0.6) is 0 Å². The third-order valence-corrected chi connectivity index (χ3v) is 14.4. The van der Waals surface area contributed by atoms with Crippen LogP contribution < -0.4 is 0 Å². The second-order valence-corrected chi connectivity index (χ2v) is 16.1. The summed E-state index contributed by atoms with van der Waals surface area (Å²) in [6.45, 7) is 15.9. The van der Waals surface area contributed by atoms with E-state index in [4.69, 9.17) is 14.2 Å². The fourth-order valence-electron chi connectivity index (χ4n) is 13.1. The molecule has 7 rings (SSSR count). The van der Waals surface area contributed by atoms with E-state index in [0.29, 0.717) is 28.6 Å². The Labute approximate surface area is 218 Å². The standard InChI is InChI=1S/C31H50O5/c1-17-15-18-23(26(4,5)33)36-31(35-18)22(17)27(6)13-14-30-16-29(30)12-11-21(32)25(2,3)19(29)9-10-20(30)28(27,7)24(31)34-8/h17-24,32-33H,9-16H2,1-8H3/t17-,18-,19+,20+,21+,22-,23+,24-,27-,28-,29-,30+,31+/m1/s1. The zero-order valence-electron chi connectivity index (χ0n) is 23.9. The van der Waals surface area contributed by atoms with Crippen molar-refractivity contribution < 1.29 is 24.4 Å². The molecule has 204 valence electrons. The van der Waals surface area contributed by atoms with Gasteiger partial charge in [0.1, 0.15) is 12.2 Å². The van der Waals surface area contributed by atoms with Gasteiger partial charge in [0.2, 0.25) is 0 Å². The Morgan fingerprint density at radius 2 is 1.58 bits per heavy atom. The highest BCUT2D eigenvalue weighted by Crippen LogP contribution is 2.90. The first kappa shape index (κ1) is 24.8. The van der Waals surface area contributed by atoms with Crippen LogP contribution in [0.1, 0.15) is 99.8 Å². The van der Waals surface area contributed by atoms with Crippen molar-refractivity contribution in [2.75, 3.05) is 7.11 Å². The number of ether oxygens (including phenoxy) is 3. The van der Waals surface area contributed by atoms with E-state index in [2.05, 4.69) is 34.6 Å². The van der Waals surface area contributed by atoms with E-state index in [1.807, 2.05) is 21.0 Å². The second-order valence-electron chi connectivity index (χ2n) is 16.1. The molecule has 2 N–H and O–H groups in total. The first-order valence-electron chi connectivity index (χ1n) is 14.9. The van der Waals surface area contributed by atoms with Crippen LogP contribution in [0.3, 0.4) is 0 Å². The highest BCUT2D eigenvalue weighted by molar-refractivity contribution is 5.34. The van der Waals surface area contributed by atoms with Crippen molar-refractivity contribution in [3.05, 3.63) is 0 Å². The molecule has 3 spiro atoms. The fraction of sp³-hybridized carbons (Fsp3) is 1.00. The number of fused-ring (bicyclic) bond motifs is 4. The Kier molecular flexibility index (Phi) is 4.65. The minimum atomic E-state index is -0.953. The summed E-state index contributed by atoms with van der Waals surface area (Å²) >= 11 is 0. The van der Waals surface area contributed by atoms with E-state index >= 15 is 0 Å². The van der Waals surface area contributed by atoms with Crippen LogP contribution in [0.4, 0.5) is 0 Å². The molecular formula is C31H50O5. The fourth-order valence-corrected chi connectivity index (χ4v) is 13.1. The largest absolute Gasteiger partial charge is 0.393 e. The Hall–Kier alpha value is -0.200. The minimum Gasteiger partial charge on any atom is -0.393 e. The van der Waals surface area contributed by atoms with Crippen LogP contribution in [-0.2, 0) is 14.2 Å². The summed E-state index contributed by atoms with van der Waals surface area (Å²) in [7, 11) is 1.88. The number of hydrogen-bond acceptors (Lipinski definition) is 5. The maximum atomic E-state index is 11.1. The van der Waals surface area contributed by atoms with E-state index in [9.17, 15) is 10.2 Å². The highest BCUT2D eigenvalue weighted by atomic mass is 16.8. The topological polar surface area (TPSA) is 68.2 Å². The van der Waals surface area contributed by atoms with Crippen LogP contribution in [0.15, 0.2) is 0 Å². The molecule has 13 atom stereocenters. The van der Waals surface area contributed by atoms with Crippen molar-refractivity contribution in [1.29, 1.82) is 0 Å². The number of methoxy groups -OCH3 is 1. The summed E-state index contributed by atoms with van der Waals surface area (Å²) in [6, 6.07) is 0. The van der Waals surface area contributed by atoms with Gasteiger partial charge in [-0.15, -0.1) is 0 Å². The molecule has 0 aromatic heterocycles. The van der Waals surface area contributed by atoms with Crippen molar-refractivity contribution in [1.82, 2.24) is 0 Å². The minimum absolute atomic E-state index is 0.00325. The van der Waals surface area contributed by atoms with Crippen LogP contribution in [-0.4, -0.2) is 53.1 Å². The Morgan fingerprint density at radius 3 is 2.25 bits per heavy atom. The second kappa shape index (κ2) is 6.74. The van der Waals surface area contributed by atoms with Gasteiger partial charge in [0.05, 0.1) is 17.8 Å². The van der Waals surface area contributed by atoms with Gasteiger partial charge in [-0.3, -0.25) is 0 Å². The summed E-state index contributed by atoms with van der Waals surface area (Å²) in [5.74, 6) is 1.14. The highest BCUT2D eigenvalue weighted by Gasteiger charge is 2.88. The predicted molar refractivity (Wildman–Crippen MR) is 137 cm³/mol. The van der Waals surface area contributed by atoms with Crippen molar-refractivity contribution in [2.24, 2.45) is 50.7 Å². The molecule has 2 aliphatic heterocycles. The van der Waals surface area contributed by atoms with Crippen molar-refractivity contribution in [3.8, 4) is 0 Å². The summed E-state index contributed by atoms with van der Waals surface area (Å²) in [5, 5.41) is 22.1. The summed E-state index contributed by atoms with van der Waals surface area (Å²) in [6.07, 6.45) is 8.58. The SMILES string of the molecule is CO[C@H]1[C@]23O[C@H](C[C@@H](C)[C@@H]2[C@@]2(C)CC[C@@]45C[C@@]46CC[C@H](O)C(C)(C)[C@@H]6CC[C@H]5[C@]12C)[C@@H](C(C)(C)O)O3. The van der Waals surface area contributed by atoms with Gasteiger partial charge < -0.3 is 24.4 Å². The van der Waals surface area contributed by atoms with Crippen molar-refractivity contribution >= 4 is 0 Å². The number of hydrogen-bond donors (Lipinski definition) is 2. The van der Waals surface area contributed by atoms with Gasteiger partial charge >= 0.3 is 0 Å². The quantitative estimate of drug-likeness (QED) is 0.535. The molecule has 0 radical (unpaired) electrons. The molecule has 7 aliphatic rings. The molecule has 7 fully saturated rings. The average Bonchev–Trinajstić information content (AvgIpc) is 3.28. The van der Waals surface area contributed by atoms with Gasteiger partial charge in [-0.2, -0.15) is 0 Å². The van der Waals surface area contributed by atoms with Gasteiger partial charge in [0.15, 0.2) is 5.79 Å². The molecule has 0 aromatic carbocycles. The molecule has 5 aliphatic carbocycles. The lowest BCUT2D eigenvalue weighted by Gasteiger charge is -2.63. The van der Waals surface area contributed by atoms with E-state index < -0.39 is 11.4 Å². The molecule has 2 heterocycles. The van der Waals surface area contributed by atoms with Gasteiger partial charge in [-0.25, -0.2) is 0 Å². The lowest BCUT2D eigenvalue weighted by Crippen LogP contribution is -2.60. The zero-order valence-corrected chi connectivity index (χ0v) is 23.9. The predicted octanol–water partition coefficient (Wildman–Crippen LogP) is 5.31. The summed E-state index contributed by atoms with van der Waals surface area (Å²) < 4.78 is 20.6. The summed E-state index contributed by atoms with van der Waals surface area (Å²) in [5.41, 5.74) is -0.214. The third kappa shape index (κ3) is 2.37. The van der Waals surface area contributed by atoms with Gasteiger partial charge in [-0.1, -0.05) is 34.6 Å². The zero-order chi connectivity index (χ0) is 25.9. The van der Waals surface area contributed by atoms with Crippen LogP contribution in [0.25, 0.3) is 0 Å².